The minimum atomic E-state index is -0.587. The number of aliphatic imine (C=N–C) groups is 1. The molecule has 2 saturated heterocycles. The van der Waals surface area contributed by atoms with Crippen molar-refractivity contribution in [2.45, 2.75) is 50.7 Å². The second kappa shape index (κ2) is 7.65. The molecule has 25 heavy (non-hydrogen) atoms. The number of fused-ring (bicyclic) bond motifs is 2. The van der Waals surface area contributed by atoms with Crippen LogP contribution < -0.4 is 5.32 Å². The number of aliphatic hydroxyl groups is 1. The van der Waals surface area contributed by atoms with Crippen LogP contribution in [0.15, 0.2) is 4.99 Å². The molecule has 6 heteroatoms. The number of nitrogens with one attached hydrogen (secondary N) is 1. The standard InChI is InChI=1S/C19H34N4OS/c1-2-20-18(21-13-19(24)5-10-25-14-19)23-8-6-22(7-9-23)17-12-15-3-4-16(17)11-15/h15-17,24H,2-14H2,1H3,(H,20,21). The van der Waals surface area contributed by atoms with Crippen LogP contribution in [0, 0.1) is 11.8 Å². The smallest absolute Gasteiger partial charge is 0.194 e. The summed E-state index contributed by atoms with van der Waals surface area (Å²) in [6, 6.07) is 0.858. The molecule has 4 rings (SSSR count). The SMILES string of the molecule is CCNC(=NCC1(O)CCSC1)N1CCN(C2CC3CCC2C3)CC1. The van der Waals surface area contributed by atoms with Gasteiger partial charge in [0.2, 0.25) is 0 Å². The van der Waals surface area contributed by atoms with E-state index >= 15 is 0 Å². The van der Waals surface area contributed by atoms with Gasteiger partial charge in [-0.1, -0.05) is 6.42 Å². The van der Waals surface area contributed by atoms with Crippen LogP contribution in [-0.2, 0) is 0 Å². The molecule has 0 aromatic rings. The third kappa shape index (κ3) is 3.96. The first-order valence-corrected chi connectivity index (χ1v) is 11.4. The van der Waals surface area contributed by atoms with E-state index in [2.05, 4.69) is 22.0 Å². The van der Waals surface area contributed by atoms with E-state index < -0.39 is 5.60 Å². The number of thioether (sulfide) groups is 1. The topological polar surface area (TPSA) is 51.1 Å². The second-order valence-corrected chi connectivity index (χ2v) is 9.57. The molecule has 0 spiro atoms. The summed E-state index contributed by atoms with van der Waals surface area (Å²) >= 11 is 1.84. The fourth-order valence-corrected chi connectivity index (χ4v) is 6.58. The molecule has 4 fully saturated rings. The summed E-state index contributed by atoms with van der Waals surface area (Å²) in [5.74, 6) is 4.89. The number of piperazine rings is 1. The zero-order valence-electron chi connectivity index (χ0n) is 15.6. The Kier molecular flexibility index (Phi) is 5.49. The number of rotatable bonds is 4. The third-order valence-corrected chi connectivity index (χ3v) is 7.96. The summed E-state index contributed by atoms with van der Waals surface area (Å²) in [5, 5.41) is 14.0. The van der Waals surface area contributed by atoms with Gasteiger partial charge in [-0.15, -0.1) is 0 Å². The Labute approximate surface area is 156 Å². The molecule has 2 saturated carbocycles. The first-order valence-electron chi connectivity index (χ1n) is 10.2. The lowest BCUT2D eigenvalue weighted by Gasteiger charge is -2.42. The van der Waals surface area contributed by atoms with Crippen molar-refractivity contribution in [2.24, 2.45) is 16.8 Å². The second-order valence-electron chi connectivity index (χ2n) is 8.46. The van der Waals surface area contributed by atoms with E-state index in [0.29, 0.717) is 6.54 Å². The van der Waals surface area contributed by atoms with E-state index in [4.69, 9.17) is 4.99 Å². The zero-order valence-corrected chi connectivity index (χ0v) is 16.4. The minimum absolute atomic E-state index is 0.537. The highest BCUT2D eigenvalue weighted by atomic mass is 32.2. The molecular formula is C19H34N4OS. The Bertz CT molecular complexity index is 486. The maximum atomic E-state index is 10.6. The molecule has 142 valence electrons. The van der Waals surface area contributed by atoms with Crippen molar-refractivity contribution in [3.63, 3.8) is 0 Å². The van der Waals surface area contributed by atoms with Crippen LogP contribution in [0.3, 0.4) is 0 Å². The van der Waals surface area contributed by atoms with Gasteiger partial charge < -0.3 is 15.3 Å². The zero-order chi connectivity index (χ0) is 17.3. The Balaban J connectivity index is 1.32. The van der Waals surface area contributed by atoms with E-state index in [1.165, 1.54) is 38.8 Å². The van der Waals surface area contributed by atoms with Gasteiger partial charge in [0.1, 0.15) is 0 Å². The van der Waals surface area contributed by atoms with Crippen LogP contribution >= 0.6 is 11.8 Å². The molecule has 2 heterocycles. The summed E-state index contributed by atoms with van der Waals surface area (Å²) in [5.41, 5.74) is -0.587. The summed E-state index contributed by atoms with van der Waals surface area (Å²) in [6.07, 6.45) is 6.77. The van der Waals surface area contributed by atoms with Crippen LogP contribution in [-0.4, -0.2) is 83.3 Å². The summed E-state index contributed by atoms with van der Waals surface area (Å²) < 4.78 is 0. The van der Waals surface area contributed by atoms with Gasteiger partial charge in [-0.05, 0) is 50.2 Å². The first kappa shape index (κ1) is 17.9. The third-order valence-electron chi connectivity index (χ3n) is 6.72. The highest BCUT2D eigenvalue weighted by Crippen LogP contribution is 2.46. The van der Waals surface area contributed by atoms with Crippen molar-refractivity contribution in [1.82, 2.24) is 15.1 Å². The predicted molar refractivity (Wildman–Crippen MR) is 105 cm³/mol. The summed E-state index contributed by atoms with van der Waals surface area (Å²) in [6.45, 7) is 8.01. The van der Waals surface area contributed by atoms with Gasteiger partial charge in [0.15, 0.2) is 5.96 Å². The lowest BCUT2D eigenvalue weighted by Crippen LogP contribution is -2.55. The first-order chi connectivity index (χ1) is 12.2. The molecule has 0 aromatic carbocycles. The van der Waals surface area contributed by atoms with Gasteiger partial charge in [-0.25, -0.2) is 0 Å². The maximum absolute atomic E-state index is 10.6. The van der Waals surface area contributed by atoms with Gasteiger partial charge in [-0.2, -0.15) is 11.8 Å². The monoisotopic (exact) mass is 366 g/mol. The van der Waals surface area contributed by atoms with E-state index in [1.807, 2.05) is 11.8 Å². The molecule has 2 aliphatic carbocycles. The van der Waals surface area contributed by atoms with Crippen molar-refractivity contribution >= 4 is 17.7 Å². The lowest BCUT2D eigenvalue weighted by atomic mass is 9.93. The highest BCUT2D eigenvalue weighted by molar-refractivity contribution is 7.99. The van der Waals surface area contributed by atoms with Gasteiger partial charge in [0, 0.05) is 44.5 Å². The lowest BCUT2D eigenvalue weighted by molar-refractivity contribution is 0.0763. The van der Waals surface area contributed by atoms with Crippen molar-refractivity contribution in [1.29, 1.82) is 0 Å². The van der Waals surface area contributed by atoms with Gasteiger partial charge in [0.05, 0.1) is 12.1 Å². The number of hydrogen-bond acceptors (Lipinski definition) is 4. The van der Waals surface area contributed by atoms with E-state index in [9.17, 15) is 5.11 Å². The van der Waals surface area contributed by atoms with E-state index in [1.54, 1.807) is 0 Å². The normalized spacial score (nSPS) is 39.4. The molecule has 0 amide bonds. The van der Waals surface area contributed by atoms with Crippen molar-refractivity contribution in [3.05, 3.63) is 0 Å². The van der Waals surface area contributed by atoms with Crippen LogP contribution in [0.25, 0.3) is 0 Å². The molecule has 0 radical (unpaired) electrons. The van der Waals surface area contributed by atoms with Gasteiger partial charge >= 0.3 is 0 Å². The highest BCUT2D eigenvalue weighted by Gasteiger charge is 2.42. The number of hydrogen-bond donors (Lipinski definition) is 2. The Morgan fingerprint density at radius 2 is 2.08 bits per heavy atom. The van der Waals surface area contributed by atoms with Crippen molar-refractivity contribution < 1.29 is 5.11 Å². The molecule has 2 bridgehead atoms. The average molecular weight is 367 g/mol. The number of guanidine groups is 1. The molecule has 4 aliphatic rings. The molecule has 0 aromatic heterocycles. The quantitative estimate of drug-likeness (QED) is 0.585. The van der Waals surface area contributed by atoms with Crippen LogP contribution in [0.4, 0.5) is 0 Å². The molecule has 2 N–H and O–H groups in total. The Hall–Kier alpha value is -0.460. The molecule has 5 nitrogen and oxygen atoms in total. The predicted octanol–water partition coefficient (Wildman–Crippen LogP) is 1.63. The van der Waals surface area contributed by atoms with Crippen molar-refractivity contribution in [2.75, 3.05) is 50.8 Å². The fourth-order valence-electron chi connectivity index (χ4n) is 5.29. The summed E-state index contributed by atoms with van der Waals surface area (Å²) in [4.78, 5) is 9.96. The number of nitrogens with zero attached hydrogens (tertiary/aromatic N) is 3. The minimum Gasteiger partial charge on any atom is -0.387 e. The molecule has 2 aliphatic heterocycles. The van der Waals surface area contributed by atoms with E-state index in [-0.39, 0.29) is 0 Å². The maximum Gasteiger partial charge on any atom is 0.194 e. The van der Waals surface area contributed by atoms with Crippen LogP contribution in [0.5, 0.6) is 0 Å². The largest absolute Gasteiger partial charge is 0.387 e. The molecule has 4 unspecified atom stereocenters. The van der Waals surface area contributed by atoms with Crippen LogP contribution in [0.1, 0.15) is 39.0 Å². The molecule has 4 atom stereocenters. The Morgan fingerprint density at radius 1 is 1.24 bits per heavy atom. The van der Waals surface area contributed by atoms with Gasteiger partial charge in [0.25, 0.3) is 0 Å². The van der Waals surface area contributed by atoms with E-state index in [0.717, 1.165) is 61.4 Å². The average Bonchev–Trinajstić information content (AvgIpc) is 3.36. The van der Waals surface area contributed by atoms with Crippen molar-refractivity contribution in [3.8, 4) is 0 Å². The van der Waals surface area contributed by atoms with Gasteiger partial charge in [-0.3, -0.25) is 9.89 Å². The molecular weight excluding hydrogens is 332 g/mol. The fraction of sp³-hybridized carbons (Fsp3) is 0.947. The van der Waals surface area contributed by atoms with Crippen LogP contribution in [0.2, 0.25) is 0 Å². The Morgan fingerprint density at radius 3 is 2.68 bits per heavy atom. The summed E-state index contributed by atoms with van der Waals surface area (Å²) in [7, 11) is 0.